The molecule has 2 N–H and O–H groups in total. The Bertz CT molecular complexity index is 285. The molecule has 1 aliphatic carbocycles. The number of hydrogen-bond donors (Lipinski definition) is 2. The number of rotatable bonds is 2. The maximum Gasteiger partial charge on any atom is 0.0337 e. The fourth-order valence-corrected chi connectivity index (χ4v) is 2.30. The maximum atomic E-state index is 3.33. The zero-order valence-electron chi connectivity index (χ0n) is 17.4. The van der Waals surface area contributed by atoms with Gasteiger partial charge >= 0.3 is 0 Å². The normalized spacial score (nSPS) is 18.1. The Balaban J connectivity index is -0.000000264. The molecule has 2 nitrogen and oxygen atoms in total. The second-order valence-corrected chi connectivity index (χ2v) is 4.87. The van der Waals surface area contributed by atoms with Crippen molar-refractivity contribution < 1.29 is 0 Å². The van der Waals surface area contributed by atoms with Crippen LogP contribution in [0.3, 0.4) is 0 Å². The summed E-state index contributed by atoms with van der Waals surface area (Å²) in [5.74, 6) is 0.955. The lowest BCUT2D eigenvalue weighted by Crippen LogP contribution is -2.30. The predicted molar refractivity (Wildman–Crippen MR) is 111 cm³/mol. The summed E-state index contributed by atoms with van der Waals surface area (Å²) < 4.78 is 0. The summed E-state index contributed by atoms with van der Waals surface area (Å²) in [6.45, 7) is 14.4. The number of anilines is 1. The Morgan fingerprint density at radius 3 is 1.65 bits per heavy atom. The maximum absolute atomic E-state index is 3.33. The Morgan fingerprint density at radius 2 is 1.35 bits per heavy atom. The Morgan fingerprint density at radius 1 is 0.826 bits per heavy atom. The van der Waals surface area contributed by atoms with Gasteiger partial charge < -0.3 is 10.6 Å². The molecule has 1 saturated carbocycles. The molecule has 1 fully saturated rings. The summed E-state index contributed by atoms with van der Waals surface area (Å²) in [5, 5.41) is 6.36. The molecule has 0 amide bonds. The monoisotopic (exact) mass is 324 g/mol. The fraction of sp³-hybridized carbons (Fsp3) is 0.714. The van der Waals surface area contributed by atoms with Crippen molar-refractivity contribution in [3.63, 3.8) is 0 Å². The van der Waals surface area contributed by atoms with Crippen molar-refractivity contribution in [2.45, 2.75) is 80.2 Å². The summed E-state index contributed by atoms with van der Waals surface area (Å²) in [6.07, 6.45) is 5.64. The van der Waals surface area contributed by atoms with Gasteiger partial charge in [-0.2, -0.15) is 0 Å². The van der Waals surface area contributed by atoms with E-state index in [9.17, 15) is 0 Å². The minimum Gasteiger partial charge on any atom is -0.388 e. The summed E-state index contributed by atoms with van der Waals surface area (Å²) in [7, 11) is 3.98. The van der Waals surface area contributed by atoms with Crippen molar-refractivity contribution in [2.75, 3.05) is 19.4 Å². The quantitative estimate of drug-likeness (QED) is 0.641. The van der Waals surface area contributed by atoms with Gasteiger partial charge in [0.25, 0.3) is 0 Å². The third-order valence-electron chi connectivity index (χ3n) is 3.41. The lowest BCUT2D eigenvalue weighted by Gasteiger charge is -2.25. The first kappa shape index (κ1) is 26.9. The van der Waals surface area contributed by atoms with Crippen LogP contribution in [0.15, 0.2) is 30.3 Å². The molecule has 1 aromatic carbocycles. The van der Waals surface area contributed by atoms with Gasteiger partial charge in [-0.1, -0.05) is 79.5 Å². The molecular formula is C21H44N2. The minimum atomic E-state index is 0.814. The third kappa shape index (κ3) is 17.2. The van der Waals surface area contributed by atoms with Gasteiger partial charge in [0.05, 0.1) is 0 Å². The van der Waals surface area contributed by atoms with Crippen LogP contribution < -0.4 is 10.6 Å². The molecule has 2 atom stereocenters. The van der Waals surface area contributed by atoms with Gasteiger partial charge in [-0.05, 0) is 37.9 Å². The molecule has 138 valence electrons. The van der Waals surface area contributed by atoms with Crippen LogP contribution in [0.1, 0.15) is 74.1 Å². The molecule has 1 aliphatic rings. The first-order valence-electron chi connectivity index (χ1n) is 9.66. The lowest BCUT2D eigenvalue weighted by atomic mass is 9.87. The molecule has 0 saturated heterocycles. The van der Waals surface area contributed by atoms with Crippen LogP contribution in [0.2, 0.25) is 0 Å². The van der Waals surface area contributed by atoms with Crippen molar-refractivity contribution in [2.24, 2.45) is 5.92 Å². The average Bonchev–Trinajstić information content (AvgIpc) is 2.67. The van der Waals surface area contributed by atoms with E-state index in [2.05, 4.69) is 24.6 Å². The van der Waals surface area contributed by atoms with Gasteiger partial charge in [-0.25, -0.2) is 0 Å². The van der Waals surface area contributed by atoms with Crippen molar-refractivity contribution in [1.29, 1.82) is 0 Å². The lowest BCUT2D eigenvalue weighted by molar-refractivity contribution is 0.314. The Kier molecular flexibility index (Phi) is 27.1. The highest BCUT2D eigenvalue weighted by Gasteiger charge is 2.16. The van der Waals surface area contributed by atoms with Crippen molar-refractivity contribution >= 4 is 5.69 Å². The van der Waals surface area contributed by atoms with Crippen LogP contribution in [-0.4, -0.2) is 20.1 Å². The molecule has 0 radical (unpaired) electrons. The van der Waals surface area contributed by atoms with E-state index in [0.717, 1.165) is 17.6 Å². The summed E-state index contributed by atoms with van der Waals surface area (Å²) in [5.41, 5.74) is 1.16. The largest absolute Gasteiger partial charge is 0.388 e. The second kappa shape index (κ2) is 23.2. The highest BCUT2D eigenvalue weighted by Crippen LogP contribution is 2.22. The van der Waals surface area contributed by atoms with E-state index in [1.54, 1.807) is 0 Å². The average molecular weight is 325 g/mol. The molecule has 2 unspecified atom stereocenters. The molecule has 0 aromatic heterocycles. The van der Waals surface area contributed by atoms with Crippen LogP contribution in [-0.2, 0) is 0 Å². The van der Waals surface area contributed by atoms with E-state index in [1.165, 1.54) is 25.7 Å². The highest BCUT2D eigenvalue weighted by molar-refractivity contribution is 5.41. The standard InChI is InChI=1S/C8H17N.C7H9N.3C2H6/c1-7-4-3-5-8(6-7)9-2;1-8-7-5-3-2-4-6-7;3*1-2/h7-9H,3-6H2,1-2H3;2-6,8H,1H3;3*1-2H3. The first-order chi connectivity index (χ1) is 11.3. The van der Waals surface area contributed by atoms with Gasteiger partial charge in [0.2, 0.25) is 0 Å². The summed E-state index contributed by atoms with van der Waals surface area (Å²) in [4.78, 5) is 0. The zero-order chi connectivity index (χ0) is 18.5. The fourth-order valence-electron chi connectivity index (χ4n) is 2.30. The minimum absolute atomic E-state index is 0.814. The number of nitrogens with one attached hydrogen (secondary N) is 2. The number of benzene rings is 1. The van der Waals surface area contributed by atoms with Crippen LogP contribution >= 0.6 is 0 Å². The van der Waals surface area contributed by atoms with E-state index in [4.69, 9.17) is 0 Å². The third-order valence-corrected chi connectivity index (χ3v) is 3.41. The molecule has 2 rings (SSSR count). The van der Waals surface area contributed by atoms with Crippen LogP contribution in [0.4, 0.5) is 5.69 Å². The van der Waals surface area contributed by atoms with Crippen LogP contribution in [0.25, 0.3) is 0 Å². The molecule has 23 heavy (non-hydrogen) atoms. The van der Waals surface area contributed by atoms with Crippen molar-refractivity contribution in [3.8, 4) is 0 Å². The van der Waals surface area contributed by atoms with E-state index in [0.29, 0.717) is 0 Å². The van der Waals surface area contributed by atoms with Crippen molar-refractivity contribution in [3.05, 3.63) is 30.3 Å². The van der Waals surface area contributed by atoms with Gasteiger partial charge in [0.15, 0.2) is 0 Å². The molecule has 0 spiro atoms. The zero-order valence-corrected chi connectivity index (χ0v) is 17.4. The Hall–Kier alpha value is -1.02. The van der Waals surface area contributed by atoms with Crippen LogP contribution in [0, 0.1) is 5.92 Å². The van der Waals surface area contributed by atoms with E-state index in [1.807, 2.05) is 78.9 Å². The topological polar surface area (TPSA) is 24.1 Å². The molecular weight excluding hydrogens is 280 g/mol. The van der Waals surface area contributed by atoms with Gasteiger partial charge in [-0.15, -0.1) is 0 Å². The molecule has 0 aliphatic heterocycles. The van der Waals surface area contributed by atoms with E-state index in [-0.39, 0.29) is 0 Å². The summed E-state index contributed by atoms with van der Waals surface area (Å²) in [6, 6.07) is 10.9. The van der Waals surface area contributed by atoms with Gasteiger partial charge in [0.1, 0.15) is 0 Å². The van der Waals surface area contributed by atoms with E-state index >= 15 is 0 Å². The number of para-hydroxylation sites is 1. The molecule has 0 heterocycles. The van der Waals surface area contributed by atoms with Gasteiger partial charge in [-0.3, -0.25) is 0 Å². The number of hydrogen-bond acceptors (Lipinski definition) is 2. The van der Waals surface area contributed by atoms with E-state index < -0.39 is 0 Å². The van der Waals surface area contributed by atoms with Crippen LogP contribution in [0.5, 0.6) is 0 Å². The highest BCUT2D eigenvalue weighted by atomic mass is 14.9. The molecule has 1 aromatic rings. The first-order valence-corrected chi connectivity index (χ1v) is 9.66. The SMILES string of the molecule is CC.CC.CC.CNC1CCCC(C)C1.CNc1ccccc1. The second-order valence-electron chi connectivity index (χ2n) is 4.87. The smallest absolute Gasteiger partial charge is 0.0337 e. The molecule has 0 bridgehead atoms. The Labute approximate surface area is 147 Å². The summed E-state index contributed by atoms with van der Waals surface area (Å²) >= 11 is 0. The van der Waals surface area contributed by atoms with Crippen molar-refractivity contribution in [1.82, 2.24) is 5.32 Å². The predicted octanol–water partition coefficient (Wildman–Crippen LogP) is 6.59. The molecule has 2 heteroatoms. The van der Waals surface area contributed by atoms with Gasteiger partial charge in [0, 0.05) is 18.8 Å².